The molecule has 1 aromatic rings. The van der Waals surface area contributed by atoms with Crippen molar-refractivity contribution in [1.29, 1.82) is 0 Å². The highest BCUT2D eigenvalue weighted by molar-refractivity contribution is 5.98. The largest absolute Gasteiger partial charge is 0.480 e. The Morgan fingerprint density at radius 3 is 2.26 bits per heavy atom. The van der Waals surface area contributed by atoms with Gasteiger partial charge >= 0.3 is 17.9 Å². The van der Waals surface area contributed by atoms with Crippen LogP contribution in [-0.2, 0) is 23.9 Å². The fourth-order valence-corrected chi connectivity index (χ4v) is 2.21. The molecule has 0 aliphatic heterocycles. The Hall–Kier alpha value is -3.04. The Bertz CT molecular complexity index is 723. The average molecular weight is 387 g/mol. The van der Waals surface area contributed by atoms with E-state index in [0.717, 1.165) is 12.1 Å². The Balaban J connectivity index is 3.11. The molecule has 148 valence electrons. The number of ether oxygens (including phenoxy) is 2. The Morgan fingerprint density at radius 2 is 1.74 bits per heavy atom. The Labute approximate surface area is 153 Å². The van der Waals surface area contributed by atoms with E-state index in [4.69, 9.17) is 9.47 Å². The maximum Gasteiger partial charge on any atom is 0.327 e. The van der Waals surface area contributed by atoms with Gasteiger partial charge in [-0.05, 0) is 26.0 Å². The van der Waals surface area contributed by atoms with Crippen molar-refractivity contribution >= 4 is 23.8 Å². The molecule has 0 bridgehead atoms. The van der Waals surface area contributed by atoms with Crippen molar-refractivity contribution in [3.63, 3.8) is 0 Å². The minimum atomic E-state index is -1.90. The summed E-state index contributed by atoms with van der Waals surface area (Å²) in [5, 5.41) is 11.4. The van der Waals surface area contributed by atoms with Crippen LogP contribution in [0.25, 0.3) is 0 Å². The second kappa shape index (κ2) is 10.2. The van der Waals surface area contributed by atoms with Gasteiger partial charge in [0.15, 0.2) is 0 Å². The molecule has 1 aromatic carbocycles. The molecule has 0 radical (unpaired) electrons. The van der Waals surface area contributed by atoms with Crippen LogP contribution in [-0.4, -0.2) is 48.2 Å². The van der Waals surface area contributed by atoms with Crippen LogP contribution in [0.5, 0.6) is 0 Å². The number of hydrogen-bond acceptors (Lipinski definition) is 6. The summed E-state index contributed by atoms with van der Waals surface area (Å²) in [6.45, 7) is 2.90. The number of nitrogens with one attached hydrogen (secondary N) is 1. The lowest BCUT2D eigenvalue weighted by atomic mass is 9.95. The van der Waals surface area contributed by atoms with Gasteiger partial charge < -0.3 is 19.9 Å². The van der Waals surface area contributed by atoms with E-state index in [2.05, 4.69) is 0 Å². The van der Waals surface area contributed by atoms with Crippen LogP contribution in [0.1, 0.15) is 30.6 Å². The van der Waals surface area contributed by atoms with Crippen LogP contribution in [0.2, 0.25) is 0 Å². The molecule has 0 aromatic heterocycles. The SMILES string of the molecule is CCOC(=O)C[C@H](C(=O)OCC)[C@H](NC(=O)c1ccc(F)cc1F)C(=O)O. The molecule has 0 aliphatic carbocycles. The van der Waals surface area contributed by atoms with Gasteiger partial charge in [0.05, 0.1) is 31.1 Å². The first kappa shape index (κ1) is 22.0. The minimum Gasteiger partial charge on any atom is -0.480 e. The molecular weight excluding hydrogens is 368 g/mol. The number of rotatable bonds is 9. The van der Waals surface area contributed by atoms with E-state index in [1.807, 2.05) is 5.32 Å². The van der Waals surface area contributed by atoms with E-state index in [1.54, 1.807) is 0 Å². The lowest BCUT2D eigenvalue weighted by Crippen LogP contribution is -2.50. The number of carboxylic acid groups (broad SMARTS) is 1. The van der Waals surface area contributed by atoms with E-state index in [1.165, 1.54) is 13.8 Å². The van der Waals surface area contributed by atoms with Gasteiger partial charge in [-0.15, -0.1) is 0 Å². The van der Waals surface area contributed by atoms with E-state index in [-0.39, 0.29) is 13.2 Å². The summed E-state index contributed by atoms with van der Waals surface area (Å²) in [6.07, 6.45) is -0.671. The number of carbonyl (C=O) groups excluding carboxylic acids is 3. The maximum atomic E-state index is 13.7. The minimum absolute atomic E-state index is 0.000728. The first-order valence-electron chi connectivity index (χ1n) is 8.02. The smallest absolute Gasteiger partial charge is 0.327 e. The van der Waals surface area contributed by atoms with Crippen molar-refractivity contribution in [3.8, 4) is 0 Å². The third kappa shape index (κ3) is 6.32. The zero-order valence-corrected chi connectivity index (χ0v) is 14.7. The fraction of sp³-hybridized carbons (Fsp3) is 0.412. The van der Waals surface area contributed by atoms with Crippen LogP contribution in [0, 0.1) is 17.6 Å². The van der Waals surface area contributed by atoms with Gasteiger partial charge in [0.2, 0.25) is 0 Å². The van der Waals surface area contributed by atoms with Crippen LogP contribution in [0.4, 0.5) is 8.78 Å². The highest BCUT2D eigenvalue weighted by Crippen LogP contribution is 2.16. The molecule has 2 N–H and O–H groups in total. The highest BCUT2D eigenvalue weighted by Gasteiger charge is 2.38. The van der Waals surface area contributed by atoms with Crippen molar-refractivity contribution in [2.24, 2.45) is 5.92 Å². The number of hydrogen-bond donors (Lipinski definition) is 2. The number of esters is 2. The number of carbonyl (C=O) groups is 4. The van der Waals surface area contributed by atoms with E-state index in [0.29, 0.717) is 6.07 Å². The Morgan fingerprint density at radius 1 is 1.11 bits per heavy atom. The van der Waals surface area contributed by atoms with Gasteiger partial charge in [-0.1, -0.05) is 0 Å². The number of halogens is 2. The normalized spacial score (nSPS) is 12.6. The third-order valence-electron chi connectivity index (χ3n) is 3.41. The topological polar surface area (TPSA) is 119 Å². The second-order valence-electron chi connectivity index (χ2n) is 5.28. The van der Waals surface area contributed by atoms with Gasteiger partial charge in [-0.2, -0.15) is 0 Å². The summed E-state index contributed by atoms with van der Waals surface area (Å²) in [5.41, 5.74) is -0.624. The van der Waals surface area contributed by atoms with Crippen molar-refractivity contribution < 1.29 is 42.5 Å². The molecule has 0 unspecified atom stereocenters. The predicted molar refractivity (Wildman–Crippen MR) is 86.6 cm³/mol. The fourth-order valence-electron chi connectivity index (χ4n) is 2.21. The van der Waals surface area contributed by atoms with Crippen molar-refractivity contribution in [2.75, 3.05) is 13.2 Å². The number of aliphatic carboxylic acids is 1. The summed E-state index contributed by atoms with van der Waals surface area (Å²) in [6, 6.07) is 0.190. The summed E-state index contributed by atoms with van der Waals surface area (Å²) < 4.78 is 36.1. The molecule has 8 nitrogen and oxygen atoms in total. The number of carboxylic acids is 1. The third-order valence-corrected chi connectivity index (χ3v) is 3.41. The van der Waals surface area contributed by atoms with Crippen molar-refractivity contribution in [2.45, 2.75) is 26.3 Å². The molecule has 1 rings (SSSR count). The first-order chi connectivity index (χ1) is 12.7. The van der Waals surface area contributed by atoms with Crippen molar-refractivity contribution in [3.05, 3.63) is 35.4 Å². The highest BCUT2D eigenvalue weighted by atomic mass is 19.1. The summed E-state index contributed by atoms with van der Waals surface area (Å²) in [4.78, 5) is 47.5. The summed E-state index contributed by atoms with van der Waals surface area (Å²) in [5.74, 6) is -8.50. The van der Waals surface area contributed by atoms with Gasteiger partial charge in [0.25, 0.3) is 5.91 Å². The quantitative estimate of drug-likeness (QED) is 0.613. The molecular formula is C17H19F2NO7. The van der Waals surface area contributed by atoms with Crippen LogP contribution in [0.15, 0.2) is 18.2 Å². The monoisotopic (exact) mass is 387 g/mol. The molecule has 0 saturated carbocycles. The van der Waals surface area contributed by atoms with E-state index in [9.17, 15) is 33.1 Å². The molecule has 0 spiro atoms. The number of amides is 1. The molecule has 0 heterocycles. The predicted octanol–water partition coefficient (Wildman–Crippen LogP) is 1.28. The van der Waals surface area contributed by atoms with Crippen LogP contribution >= 0.6 is 0 Å². The molecule has 27 heavy (non-hydrogen) atoms. The molecule has 2 atom stereocenters. The zero-order chi connectivity index (χ0) is 20.6. The molecule has 10 heteroatoms. The van der Waals surface area contributed by atoms with Crippen LogP contribution in [0.3, 0.4) is 0 Å². The van der Waals surface area contributed by atoms with Gasteiger partial charge in [-0.3, -0.25) is 14.4 Å². The van der Waals surface area contributed by atoms with Crippen molar-refractivity contribution in [1.82, 2.24) is 5.32 Å². The molecule has 0 fully saturated rings. The van der Waals surface area contributed by atoms with Crippen LogP contribution < -0.4 is 5.32 Å². The lowest BCUT2D eigenvalue weighted by Gasteiger charge is -2.23. The molecule has 0 saturated heterocycles. The summed E-state index contributed by atoms with van der Waals surface area (Å²) >= 11 is 0. The molecule has 1 amide bonds. The standard InChI is InChI=1S/C17H19F2NO7/c1-3-26-13(21)8-11(17(25)27-4-2)14(16(23)24)20-15(22)10-6-5-9(18)7-12(10)19/h5-7,11,14H,3-4,8H2,1-2H3,(H,20,22)(H,23,24)/t11-,14-/m0/s1. The average Bonchev–Trinajstić information content (AvgIpc) is 2.57. The summed E-state index contributed by atoms with van der Waals surface area (Å²) in [7, 11) is 0. The van der Waals surface area contributed by atoms with E-state index >= 15 is 0 Å². The zero-order valence-electron chi connectivity index (χ0n) is 14.7. The lowest BCUT2D eigenvalue weighted by molar-refractivity contribution is -0.159. The maximum absolute atomic E-state index is 13.7. The molecule has 0 aliphatic rings. The van der Waals surface area contributed by atoms with E-state index < -0.39 is 59.4 Å². The van der Waals surface area contributed by atoms with Gasteiger partial charge in [-0.25, -0.2) is 13.6 Å². The van der Waals surface area contributed by atoms with Gasteiger partial charge in [0.1, 0.15) is 17.7 Å². The first-order valence-corrected chi connectivity index (χ1v) is 8.02. The number of benzene rings is 1. The Kier molecular flexibility index (Phi) is 8.31. The van der Waals surface area contributed by atoms with Gasteiger partial charge in [0, 0.05) is 6.07 Å². The second-order valence-corrected chi connectivity index (χ2v) is 5.28.